The van der Waals surface area contributed by atoms with Crippen LogP contribution >= 0.6 is 11.6 Å². The van der Waals surface area contributed by atoms with Crippen LogP contribution in [0.15, 0.2) is 97.1 Å². The van der Waals surface area contributed by atoms with Crippen molar-refractivity contribution >= 4 is 33.1 Å². The van der Waals surface area contributed by atoms with Gasteiger partial charge in [-0.1, -0.05) is 90.5 Å². The van der Waals surface area contributed by atoms with Crippen molar-refractivity contribution in [1.82, 2.24) is 0 Å². The van der Waals surface area contributed by atoms with Crippen LogP contribution in [0.4, 0.5) is 13.2 Å². The van der Waals surface area contributed by atoms with Gasteiger partial charge in [0.25, 0.3) is 0 Å². The third-order valence-electron chi connectivity index (χ3n) is 7.35. The molecule has 6 rings (SSSR count). The van der Waals surface area contributed by atoms with Crippen LogP contribution < -0.4 is 0 Å². The molecule has 5 aromatic carbocycles. The molecule has 1 aliphatic carbocycles. The highest BCUT2D eigenvalue weighted by atomic mass is 35.5. The maximum Gasteiger partial charge on any atom is 0.416 e. The molecule has 0 amide bonds. The first kappa shape index (κ1) is 22.2. The van der Waals surface area contributed by atoms with Crippen LogP contribution in [0.2, 0.25) is 5.02 Å². The van der Waals surface area contributed by atoms with Gasteiger partial charge in [0.05, 0.1) is 5.56 Å². The minimum absolute atomic E-state index is 0.147. The van der Waals surface area contributed by atoms with Crippen LogP contribution in [-0.2, 0) is 12.6 Å². The van der Waals surface area contributed by atoms with Crippen LogP contribution in [0.5, 0.6) is 0 Å². The Labute approximate surface area is 207 Å². The van der Waals surface area contributed by atoms with E-state index in [2.05, 4.69) is 36.4 Å². The van der Waals surface area contributed by atoms with E-state index in [1.165, 1.54) is 17.7 Å². The molecule has 0 N–H and O–H groups in total. The molecule has 0 aliphatic heterocycles. The van der Waals surface area contributed by atoms with Gasteiger partial charge in [0.1, 0.15) is 0 Å². The topological polar surface area (TPSA) is 0 Å². The van der Waals surface area contributed by atoms with Crippen LogP contribution in [-0.4, -0.2) is 0 Å². The molecular weight excluding hydrogens is 465 g/mol. The molecule has 174 valence electrons. The maximum atomic E-state index is 13.6. The molecule has 5 aromatic rings. The number of alkyl halides is 3. The van der Waals surface area contributed by atoms with Gasteiger partial charge in [-0.15, -0.1) is 0 Å². The smallest absolute Gasteiger partial charge is 0.166 e. The van der Waals surface area contributed by atoms with Crippen LogP contribution in [0.1, 0.15) is 46.1 Å². The quantitative estimate of drug-likeness (QED) is 0.218. The van der Waals surface area contributed by atoms with Gasteiger partial charge in [0.15, 0.2) is 0 Å². The number of hydrogen-bond donors (Lipinski definition) is 0. The molecule has 4 heteroatoms. The highest BCUT2D eigenvalue weighted by Crippen LogP contribution is 2.47. The van der Waals surface area contributed by atoms with E-state index in [0.717, 1.165) is 51.6 Å². The molecule has 0 bridgehead atoms. The van der Waals surface area contributed by atoms with Crippen LogP contribution in [0.25, 0.3) is 21.5 Å². The highest BCUT2D eigenvalue weighted by molar-refractivity contribution is 6.30. The largest absolute Gasteiger partial charge is 0.416 e. The summed E-state index contributed by atoms with van der Waals surface area (Å²) < 4.78 is 40.9. The molecule has 2 unspecified atom stereocenters. The van der Waals surface area contributed by atoms with Crippen molar-refractivity contribution in [2.45, 2.75) is 30.9 Å². The lowest BCUT2D eigenvalue weighted by atomic mass is 9.70. The molecule has 0 saturated heterocycles. The van der Waals surface area contributed by atoms with E-state index >= 15 is 0 Å². The number of rotatable bonds is 2. The van der Waals surface area contributed by atoms with Crippen molar-refractivity contribution in [3.05, 3.63) is 130 Å². The van der Waals surface area contributed by atoms with Gasteiger partial charge < -0.3 is 0 Å². The SMILES string of the molecule is FC(F)(F)c1cccc(C2CC(c3ccc(Cl)cc3)Cc3ccc4c(ccc5ccccc54)c32)c1. The summed E-state index contributed by atoms with van der Waals surface area (Å²) in [6.45, 7) is 0. The fourth-order valence-electron chi connectivity index (χ4n) is 5.72. The molecular formula is C31H22ClF3. The first-order valence-corrected chi connectivity index (χ1v) is 12.1. The van der Waals surface area contributed by atoms with E-state index in [1.54, 1.807) is 0 Å². The second-order valence-electron chi connectivity index (χ2n) is 9.38. The minimum Gasteiger partial charge on any atom is -0.166 e. The summed E-state index contributed by atoms with van der Waals surface area (Å²) in [4.78, 5) is 0. The lowest BCUT2D eigenvalue weighted by Crippen LogP contribution is -2.19. The Morgan fingerprint density at radius 2 is 1.46 bits per heavy atom. The normalized spacial score (nSPS) is 18.1. The lowest BCUT2D eigenvalue weighted by Gasteiger charge is -2.34. The van der Waals surface area contributed by atoms with Gasteiger partial charge in [-0.05, 0) is 80.8 Å². The minimum atomic E-state index is -4.38. The van der Waals surface area contributed by atoms with Crippen molar-refractivity contribution in [3.63, 3.8) is 0 Å². The van der Waals surface area contributed by atoms with Gasteiger partial charge in [-0.3, -0.25) is 0 Å². The summed E-state index contributed by atoms with van der Waals surface area (Å²) in [7, 11) is 0. The summed E-state index contributed by atoms with van der Waals surface area (Å²) in [5, 5.41) is 5.26. The highest BCUT2D eigenvalue weighted by Gasteiger charge is 2.34. The molecule has 0 fully saturated rings. The van der Waals surface area contributed by atoms with Crippen molar-refractivity contribution < 1.29 is 13.2 Å². The average molecular weight is 487 g/mol. The fourth-order valence-corrected chi connectivity index (χ4v) is 5.85. The Balaban J connectivity index is 1.57. The summed E-state index contributed by atoms with van der Waals surface area (Å²) in [6.07, 6.45) is -2.80. The van der Waals surface area contributed by atoms with Crippen molar-refractivity contribution in [3.8, 4) is 0 Å². The maximum absolute atomic E-state index is 13.6. The van der Waals surface area contributed by atoms with E-state index in [-0.39, 0.29) is 11.8 Å². The molecule has 0 heterocycles. The van der Waals surface area contributed by atoms with Gasteiger partial charge in [-0.2, -0.15) is 13.2 Å². The molecule has 0 nitrogen and oxygen atoms in total. The fraction of sp³-hybridized carbons (Fsp3) is 0.161. The zero-order chi connectivity index (χ0) is 24.2. The summed E-state index contributed by atoms with van der Waals surface area (Å²) in [5.74, 6) is 0.0452. The van der Waals surface area contributed by atoms with E-state index < -0.39 is 11.7 Å². The van der Waals surface area contributed by atoms with E-state index in [1.807, 2.05) is 42.5 Å². The molecule has 35 heavy (non-hydrogen) atoms. The van der Waals surface area contributed by atoms with Crippen molar-refractivity contribution in [1.29, 1.82) is 0 Å². The molecule has 2 atom stereocenters. The molecule has 0 aromatic heterocycles. The second kappa shape index (κ2) is 8.42. The summed E-state index contributed by atoms with van der Waals surface area (Å²) in [5.41, 5.74) is 3.62. The summed E-state index contributed by atoms with van der Waals surface area (Å²) >= 11 is 6.12. The third-order valence-corrected chi connectivity index (χ3v) is 7.60. The second-order valence-corrected chi connectivity index (χ2v) is 9.82. The van der Waals surface area contributed by atoms with Crippen molar-refractivity contribution in [2.24, 2.45) is 0 Å². The van der Waals surface area contributed by atoms with E-state index in [4.69, 9.17) is 11.6 Å². The monoisotopic (exact) mass is 486 g/mol. The Kier molecular flexibility index (Phi) is 5.34. The Bertz CT molecular complexity index is 1550. The zero-order valence-corrected chi connectivity index (χ0v) is 19.6. The van der Waals surface area contributed by atoms with Gasteiger partial charge in [0.2, 0.25) is 0 Å². The Hall–Kier alpha value is -3.30. The first-order valence-electron chi connectivity index (χ1n) is 11.7. The predicted molar refractivity (Wildman–Crippen MR) is 137 cm³/mol. The predicted octanol–water partition coefficient (Wildman–Crippen LogP) is 9.53. The first-order chi connectivity index (χ1) is 16.9. The van der Waals surface area contributed by atoms with Gasteiger partial charge in [-0.25, -0.2) is 0 Å². The Morgan fingerprint density at radius 1 is 0.686 bits per heavy atom. The molecule has 1 aliphatic rings. The Morgan fingerprint density at radius 3 is 2.26 bits per heavy atom. The number of hydrogen-bond acceptors (Lipinski definition) is 0. The number of halogens is 4. The number of fused-ring (bicyclic) bond motifs is 5. The molecule has 0 saturated carbocycles. The van der Waals surface area contributed by atoms with Crippen LogP contribution in [0, 0.1) is 0 Å². The standard InChI is InChI=1S/C31H22ClF3/c32-25-12-8-19(9-13-25)23-16-22-11-14-27-26-7-2-1-4-20(26)10-15-28(27)30(22)29(18-23)21-5-3-6-24(17-21)31(33,34)35/h1-15,17,23,29H,16,18H2. The summed E-state index contributed by atoms with van der Waals surface area (Å²) in [6, 6.07) is 30.6. The van der Waals surface area contributed by atoms with Gasteiger partial charge in [0, 0.05) is 10.9 Å². The van der Waals surface area contributed by atoms with E-state index in [0.29, 0.717) is 10.6 Å². The third kappa shape index (κ3) is 3.98. The molecule has 0 spiro atoms. The zero-order valence-electron chi connectivity index (χ0n) is 18.8. The van der Waals surface area contributed by atoms with Gasteiger partial charge >= 0.3 is 6.18 Å². The van der Waals surface area contributed by atoms with E-state index in [9.17, 15) is 13.2 Å². The number of benzene rings is 5. The molecule has 0 radical (unpaired) electrons. The average Bonchev–Trinajstić information content (AvgIpc) is 2.87. The van der Waals surface area contributed by atoms with Crippen LogP contribution in [0.3, 0.4) is 0 Å². The van der Waals surface area contributed by atoms with Crippen molar-refractivity contribution in [2.75, 3.05) is 0 Å². The lowest BCUT2D eigenvalue weighted by molar-refractivity contribution is -0.137.